The molecule has 26 heavy (non-hydrogen) atoms. The third-order valence-electron chi connectivity index (χ3n) is 4.07. The van der Waals surface area contributed by atoms with Crippen molar-refractivity contribution in [1.82, 2.24) is 15.5 Å². The summed E-state index contributed by atoms with van der Waals surface area (Å²) in [5, 5.41) is 16.4. The molecule has 1 aromatic carbocycles. The minimum atomic E-state index is -4.18. The Hall–Kier alpha value is -2.16. The Bertz CT molecular complexity index is 623. The van der Waals surface area contributed by atoms with Crippen LogP contribution < -0.4 is 15.4 Å². The van der Waals surface area contributed by atoms with Gasteiger partial charge in [0.05, 0.1) is 20.2 Å². The molecule has 1 atom stereocenters. The van der Waals surface area contributed by atoms with E-state index in [9.17, 15) is 18.3 Å². The van der Waals surface area contributed by atoms with Gasteiger partial charge < -0.3 is 20.5 Å². The molecule has 6 nitrogen and oxygen atoms in total. The molecule has 9 heteroatoms. The van der Waals surface area contributed by atoms with Crippen molar-refractivity contribution in [3.05, 3.63) is 23.8 Å². The number of phenolic OH excluding ortho intramolecular Hbond substituents is 1. The Morgan fingerprint density at radius 3 is 2.85 bits per heavy atom. The van der Waals surface area contributed by atoms with Gasteiger partial charge in [-0.1, -0.05) is 12.1 Å². The number of ether oxygens (including phenoxy) is 1. The Kier molecular flexibility index (Phi) is 6.96. The first-order chi connectivity index (χ1) is 12.3. The van der Waals surface area contributed by atoms with Crippen molar-refractivity contribution in [3.63, 3.8) is 0 Å². The largest absolute Gasteiger partial charge is 0.504 e. The quantitative estimate of drug-likeness (QED) is 0.526. The zero-order valence-corrected chi connectivity index (χ0v) is 14.9. The Labute approximate surface area is 151 Å². The highest BCUT2D eigenvalue weighted by atomic mass is 19.4. The third kappa shape index (κ3) is 5.98. The third-order valence-corrected chi connectivity index (χ3v) is 4.07. The summed E-state index contributed by atoms with van der Waals surface area (Å²) in [5.74, 6) is 0.912. The fourth-order valence-electron chi connectivity index (χ4n) is 2.89. The maximum atomic E-state index is 12.5. The van der Waals surface area contributed by atoms with Crippen LogP contribution in [0.3, 0.4) is 0 Å². The van der Waals surface area contributed by atoms with Crippen molar-refractivity contribution < 1.29 is 23.0 Å². The molecule has 1 heterocycles. The first-order valence-corrected chi connectivity index (χ1v) is 8.51. The van der Waals surface area contributed by atoms with Crippen molar-refractivity contribution in [2.24, 2.45) is 4.99 Å². The van der Waals surface area contributed by atoms with E-state index in [0.717, 1.165) is 0 Å². The van der Waals surface area contributed by atoms with Crippen LogP contribution in [-0.2, 0) is 6.54 Å². The van der Waals surface area contributed by atoms with E-state index < -0.39 is 12.7 Å². The van der Waals surface area contributed by atoms with Gasteiger partial charge in [0.2, 0.25) is 0 Å². The van der Waals surface area contributed by atoms with Crippen molar-refractivity contribution >= 4 is 5.96 Å². The lowest BCUT2D eigenvalue weighted by molar-refractivity contribution is -0.143. The zero-order chi connectivity index (χ0) is 19.2. The van der Waals surface area contributed by atoms with Crippen LogP contribution in [0.5, 0.6) is 11.5 Å². The van der Waals surface area contributed by atoms with Crippen molar-refractivity contribution in [2.45, 2.75) is 32.1 Å². The van der Waals surface area contributed by atoms with E-state index in [1.165, 1.54) is 12.0 Å². The predicted octanol–water partition coefficient (Wildman–Crippen LogP) is 2.09. The van der Waals surface area contributed by atoms with Crippen molar-refractivity contribution in [1.29, 1.82) is 0 Å². The van der Waals surface area contributed by atoms with Gasteiger partial charge >= 0.3 is 6.18 Å². The van der Waals surface area contributed by atoms with Gasteiger partial charge in [-0.2, -0.15) is 13.2 Å². The minimum Gasteiger partial charge on any atom is -0.504 e. The SMILES string of the molecule is CCNC(=NCc1cccc(OC)c1O)NC1CCN(CC(F)(F)F)C1. The fraction of sp³-hybridized carbons (Fsp3) is 0.588. The van der Waals surface area contributed by atoms with E-state index in [2.05, 4.69) is 15.6 Å². The molecule has 0 bridgehead atoms. The summed E-state index contributed by atoms with van der Waals surface area (Å²) >= 11 is 0. The molecule has 2 rings (SSSR count). The standard InChI is InChI=1S/C17H25F3N4O2/c1-3-21-16(22-9-12-5-4-6-14(26-2)15(12)25)23-13-7-8-24(10-13)11-17(18,19)20/h4-6,13,25H,3,7-11H2,1-2H3,(H2,21,22,23). The minimum absolute atomic E-state index is 0.0341. The van der Waals surface area contributed by atoms with Gasteiger partial charge in [-0.15, -0.1) is 0 Å². The van der Waals surface area contributed by atoms with E-state index >= 15 is 0 Å². The molecule has 0 amide bonds. The highest BCUT2D eigenvalue weighted by molar-refractivity contribution is 5.80. The van der Waals surface area contributed by atoms with Crippen LogP contribution in [0.2, 0.25) is 0 Å². The van der Waals surface area contributed by atoms with E-state index in [0.29, 0.717) is 43.3 Å². The van der Waals surface area contributed by atoms with E-state index in [1.54, 1.807) is 18.2 Å². The molecule has 0 saturated carbocycles. The number of methoxy groups -OCH3 is 1. The summed E-state index contributed by atoms with van der Waals surface area (Å²) in [6.07, 6.45) is -3.57. The second kappa shape index (κ2) is 8.98. The summed E-state index contributed by atoms with van der Waals surface area (Å²) in [6, 6.07) is 5.05. The van der Waals surface area contributed by atoms with Gasteiger partial charge in [0.1, 0.15) is 0 Å². The average molecular weight is 374 g/mol. The number of para-hydroxylation sites is 1. The summed E-state index contributed by atoms with van der Waals surface area (Å²) < 4.78 is 42.6. The zero-order valence-electron chi connectivity index (χ0n) is 14.9. The number of nitrogens with one attached hydrogen (secondary N) is 2. The van der Waals surface area contributed by atoms with Crippen molar-refractivity contribution in [3.8, 4) is 11.5 Å². The molecule has 1 fully saturated rings. The van der Waals surface area contributed by atoms with Crippen molar-refractivity contribution in [2.75, 3.05) is 33.3 Å². The van der Waals surface area contributed by atoms with Gasteiger partial charge in [-0.3, -0.25) is 4.90 Å². The number of halogens is 3. The Morgan fingerprint density at radius 1 is 1.42 bits per heavy atom. The van der Waals surface area contributed by atoms with E-state index in [-0.39, 0.29) is 18.3 Å². The molecule has 1 saturated heterocycles. The van der Waals surface area contributed by atoms with Gasteiger partial charge in [-0.05, 0) is 19.4 Å². The topological polar surface area (TPSA) is 69.1 Å². The maximum Gasteiger partial charge on any atom is 0.401 e. The second-order valence-electron chi connectivity index (χ2n) is 6.14. The van der Waals surface area contributed by atoms with Gasteiger partial charge in [0, 0.05) is 31.2 Å². The first kappa shape index (κ1) is 20.2. The monoisotopic (exact) mass is 374 g/mol. The number of alkyl halides is 3. The lowest BCUT2D eigenvalue weighted by Crippen LogP contribution is -2.45. The van der Waals surface area contributed by atoms with Gasteiger partial charge in [-0.25, -0.2) is 4.99 Å². The molecule has 0 spiro atoms. The molecule has 0 radical (unpaired) electrons. The van der Waals surface area contributed by atoms with Crippen LogP contribution in [0.4, 0.5) is 13.2 Å². The highest BCUT2D eigenvalue weighted by Gasteiger charge is 2.34. The van der Waals surface area contributed by atoms with Crippen LogP contribution in [0.15, 0.2) is 23.2 Å². The molecule has 0 aromatic heterocycles. The number of nitrogens with zero attached hydrogens (tertiary/aromatic N) is 2. The molecule has 146 valence electrons. The van der Waals surface area contributed by atoms with Crippen LogP contribution in [0.1, 0.15) is 18.9 Å². The van der Waals surface area contributed by atoms with E-state index in [1.807, 2.05) is 6.92 Å². The molecule has 1 aliphatic heterocycles. The molecule has 1 aromatic rings. The lowest BCUT2D eigenvalue weighted by atomic mass is 10.2. The number of aliphatic imine (C=N–C) groups is 1. The summed E-state index contributed by atoms with van der Waals surface area (Å²) in [5.41, 5.74) is 0.603. The van der Waals surface area contributed by atoms with E-state index in [4.69, 9.17) is 4.74 Å². The first-order valence-electron chi connectivity index (χ1n) is 8.51. The average Bonchev–Trinajstić information content (AvgIpc) is 2.99. The van der Waals surface area contributed by atoms with Gasteiger partial charge in [0.15, 0.2) is 17.5 Å². The molecular weight excluding hydrogens is 349 g/mol. The fourth-order valence-corrected chi connectivity index (χ4v) is 2.89. The number of phenols is 1. The number of likely N-dealkylation sites (tertiary alicyclic amines) is 1. The van der Waals surface area contributed by atoms with Crippen LogP contribution in [0, 0.1) is 0 Å². The summed E-state index contributed by atoms with van der Waals surface area (Å²) in [7, 11) is 1.47. The number of hydrogen-bond donors (Lipinski definition) is 3. The smallest absolute Gasteiger partial charge is 0.401 e. The normalized spacial score (nSPS) is 18.8. The summed E-state index contributed by atoms with van der Waals surface area (Å²) in [4.78, 5) is 5.81. The van der Waals surface area contributed by atoms with Crippen LogP contribution in [-0.4, -0.2) is 61.5 Å². The lowest BCUT2D eigenvalue weighted by Gasteiger charge is -2.19. The number of hydrogen-bond acceptors (Lipinski definition) is 4. The number of benzene rings is 1. The number of aromatic hydroxyl groups is 1. The Balaban J connectivity index is 1.97. The highest BCUT2D eigenvalue weighted by Crippen LogP contribution is 2.29. The predicted molar refractivity (Wildman–Crippen MR) is 93.5 cm³/mol. The molecule has 3 N–H and O–H groups in total. The molecule has 1 unspecified atom stereocenters. The molecule has 0 aliphatic carbocycles. The van der Waals surface area contributed by atoms with Crippen LogP contribution >= 0.6 is 0 Å². The van der Waals surface area contributed by atoms with Crippen LogP contribution in [0.25, 0.3) is 0 Å². The summed E-state index contributed by atoms with van der Waals surface area (Å²) in [6.45, 7) is 2.56. The van der Waals surface area contributed by atoms with Gasteiger partial charge in [0.25, 0.3) is 0 Å². The number of guanidine groups is 1. The number of rotatable bonds is 6. The second-order valence-corrected chi connectivity index (χ2v) is 6.14. The maximum absolute atomic E-state index is 12.5. The molecular formula is C17H25F3N4O2. The molecule has 1 aliphatic rings. The Morgan fingerprint density at radius 2 is 2.19 bits per heavy atom.